The van der Waals surface area contributed by atoms with Crippen LogP contribution in [0.25, 0.3) is 32.8 Å². The summed E-state index contributed by atoms with van der Waals surface area (Å²) >= 11 is 0. The van der Waals surface area contributed by atoms with E-state index in [0.717, 1.165) is 32.8 Å². The number of nitrogens with zero attached hydrogens (tertiary/aromatic N) is 4. The Morgan fingerprint density at radius 1 is 0.667 bits per heavy atom. The van der Waals surface area contributed by atoms with Crippen LogP contribution in [0.2, 0.25) is 0 Å². The van der Waals surface area contributed by atoms with E-state index in [1.807, 2.05) is 36.7 Å². The molecule has 84 valence electrons. The molecule has 4 aromatic heterocycles. The van der Waals surface area contributed by atoms with Crippen molar-refractivity contribution >= 4 is 32.8 Å². The van der Waals surface area contributed by atoms with Gasteiger partial charge in [-0.3, -0.25) is 19.9 Å². The van der Waals surface area contributed by atoms with Crippen LogP contribution in [0.3, 0.4) is 0 Å². The van der Waals surface area contributed by atoms with E-state index in [9.17, 15) is 0 Å². The summed E-state index contributed by atoms with van der Waals surface area (Å²) in [7, 11) is 0. The summed E-state index contributed by atoms with van der Waals surface area (Å²) in [5.74, 6) is 0. The first kappa shape index (κ1) is 9.41. The van der Waals surface area contributed by atoms with Crippen molar-refractivity contribution in [1.82, 2.24) is 19.9 Å². The molecule has 0 bridgehead atoms. The average molecular weight is 232 g/mol. The minimum absolute atomic E-state index is 0.876. The second-order valence-electron chi connectivity index (χ2n) is 4.09. The van der Waals surface area contributed by atoms with Crippen LogP contribution in [0, 0.1) is 0 Å². The normalized spacial score (nSPS) is 11.3. The third-order valence-corrected chi connectivity index (χ3v) is 3.02. The van der Waals surface area contributed by atoms with Crippen LogP contribution in [0.1, 0.15) is 0 Å². The third kappa shape index (κ3) is 1.20. The molecule has 4 nitrogen and oxygen atoms in total. The Morgan fingerprint density at radius 3 is 1.78 bits per heavy atom. The Bertz CT molecular complexity index is 816. The summed E-state index contributed by atoms with van der Waals surface area (Å²) in [6.07, 6.45) is 7.19. The Balaban J connectivity index is 2.38. The van der Waals surface area contributed by atoms with Crippen LogP contribution in [0.4, 0.5) is 0 Å². The van der Waals surface area contributed by atoms with E-state index in [1.54, 1.807) is 12.4 Å². The number of hydrogen-bond donors (Lipinski definition) is 0. The van der Waals surface area contributed by atoms with Gasteiger partial charge in [0.2, 0.25) is 0 Å². The van der Waals surface area contributed by atoms with Gasteiger partial charge in [0.05, 0.1) is 22.1 Å². The van der Waals surface area contributed by atoms with Gasteiger partial charge in [-0.1, -0.05) is 0 Å². The molecule has 0 aliphatic carbocycles. The Morgan fingerprint density at radius 2 is 1.22 bits per heavy atom. The molecule has 4 heteroatoms. The summed E-state index contributed by atoms with van der Waals surface area (Å²) in [6, 6.07) is 7.68. The standard InChI is InChI=1S/C14H8N4/c1-3-10-13(15-5-1)12-9(7-17-10)8-18-11-4-2-6-16-14(11)12/h1-8H. The quantitative estimate of drug-likeness (QED) is 0.437. The first-order valence-corrected chi connectivity index (χ1v) is 5.67. The zero-order valence-electron chi connectivity index (χ0n) is 9.41. The van der Waals surface area contributed by atoms with Gasteiger partial charge in [-0.25, -0.2) is 0 Å². The van der Waals surface area contributed by atoms with Crippen molar-refractivity contribution in [3.8, 4) is 0 Å². The zero-order valence-corrected chi connectivity index (χ0v) is 9.41. The number of rotatable bonds is 0. The largest absolute Gasteiger partial charge is 0.254 e. The van der Waals surface area contributed by atoms with Gasteiger partial charge in [-0.2, -0.15) is 0 Å². The van der Waals surface area contributed by atoms with Crippen molar-refractivity contribution in [2.24, 2.45) is 0 Å². The van der Waals surface area contributed by atoms with Crippen molar-refractivity contribution < 1.29 is 0 Å². The Labute approximate surface area is 102 Å². The van der Waals surface area contributed by atoms with Crippen LogP contribution in [-0.4, -0.2) is 19.9 Å². The minimum atomic E-state index is 0.876. The number of aromatic nitrogens is 4. The van der Waals surface area contributed by atoms with E-state index < -0.39 is 0 Å². The van der Waals surface area contributed by atoms with Crippen molar-refractivity contribution in [3.63, 3.8) is 0 Å². The fourth-order valence-electron chi connectivity index (χ4n) is 2.21. The van der Waals surface area contributed by atoms with Gasteiger partial charge in [-0.05, 0) is 24.3 Å². The van der Waals surface area contributed by atoms with E-state index in [-0.39, 0.29) is 0 Å². The van der Waals surface area contributed by atoms with Gasteiger partial charge in [0.15, 0.2) is 0 Å². The van der Waals surface area contributed by atoms with Crippen molar-refractivity contribution in [3.05, 3.63) is 49.1 Å². The molecule has 0 atom stereocenters. The van der Waals surface area contributed by atoms with E-state index in [2.05, 4.69) is 19.9 Å². The van der Waals surface area contributed by atoms with E-state index >= 15 is 0 Å². The van der Waals surface area contributed by atoms with Crippen LogP contribution in [0.5, 0.6) is 0 Å². The smallest absolute Gasteiger partial charge is 0.0988 e. The van der Waals surface area contributed by atoms with Crippen molar-refractivity contribution in [2.75, 3.05) is 0 Å². The predicted octanol–water partition coefficient (Wildman–Crippen LogP) is 2.73. The first-order valence-electron chi connectivity index (χ1n) is 5.67. The van der Waals surface area contributed by atoms with E-state index in [4.69, 9.17) is 0 Å². The summed E-state index contributed by atoms with van der Waals surface area (Å²) in [4.78, 5) is 17.6. The zero-order chi connectivity index (χ0) is 11.9. The van der Waals surface area contributed by atoms with Crippen LogP contribution in [-0.2, 0) is 0 Å². The lowest BCUT2D eigenvalue weighted by atomic mass is 10.1. The second kappa shape index (κ2) is 3.43. The Kier molecular flexibility index (Phi) is 1.80. The summed E-state index contributed by atoms with van der Waals surface area (Å²) in [5.41, 5.74) is 3.51. The highest BCUT2D eigenvalue weighted by Crippen LogP contribution is 2.26. The molecule has 0 aliphatic heterocycles. The molecule has 0 fully saturated rings. The monoisotopic (exact) mass is 232 g/mol. The highest BCUT2D eigenvalue weighted by molar-refractivity contribution is 6.14. The molecule has 0 aliphatic rings. The molecule has 0 aromatic carbocycles. The molecule has 0 amide bonds. The minimum Gasteiger partial charge on any atom is -0.254 e. The molecule has 0 unspecified atom stereocenters. The lowest BCUT2D eigenvalue weighted by Gasteiger charge is -2.04. The molecule has 4 heterocycles. The molecule has 0 N–H and O–H groups in total. The summed E-state index contributed by atoms with van der Waals surface area (Å²) in [5, 5.41) is 1.98. The fraction of sp³-hybridized carbons (Fsp3) is 0. The van der Waals surface area contributed by atoms with Gasteiger partial charge in [-0.15, -0.1) is 0 Å². The molecule has 4 aromatic rings. The highest BCUT2D eigenvalue weighted by Gasteiger charge is 2.08. The van der Waals surface area contributed by atoms with Crippen molar-refractivity contribution in [1.29, 1.82) is 0 Å². The molecule has 0 radical (unpaired) electrons. The Hall–Kier alpha value is -2.62. The molecule has 18 heavy (non-hydrogen) atoms. The molecular weight excluding hydrogens is 224 g/mol. The number of fused-ring (bicyclic) bond motifs is 5. The SMILES string of the molecule is c1cnc2c(c1)ncc1cnc3cccnc3c12. The van der Waals surface area contributed by atoms with E-state index in [1.165, 1.54) is 0 Å². The van der Waals surface area contributed by atoms with Crippen LogP contribution in [0.15, 0.2) is 49.1 Å². The maximum Gasteiger partial charge on any atom is 0.0988 e. The van der Waals surface area contributed by atoms with Gasteiger partial charge in [0.1, 0.15) is 0 Å². The van der Waals surface area contributed by atoms with Crippen LogP contribution >= 0.6 is 0 Å². The van der Waals surface area contributed by atoms with Gasteiger partial charge in [0, 0.05) is 35.6 Å². The summed E-state index contributed by atoms with van der Waals surface area (Å²) < 4.78 is 0. The number of pyridine rings is 4. The lowest BCUT2D eigenvalue weighted by Crippen LogP contribution is -1.89. The highest BCUT2D eigenvalue weighted by atomic mass is 14.8. The lowest BCUT2D eigenvalue weighted by molar-refractivity contribution is 1.33. The van der Waals surface area contributed by atoms with Crippen molar-refractivity contribution in [2.45, 2.75) is 0 Å². The topological polar surface area (TPSA) is 51.6 Å². The first-order chi connectivity index (χ1) is 8.93. The predicted molar refractivity (Wildman–Crippen MR) is 70.1 cm³/mol. The van der Waals surface area contributed by atoms with Gasteiger partial charge < -0.3 is 0 Å². The molecular formula is C14H8N4. The molecule has 0 saturated carbocycles. The van der Waals surface area contributed by atoms with Gasteiger partial charge in [0.25, 0.3) is 0 Å². The third-order valence-electron chi connectivity index (χ3n) is 3.02. The van der Waals surface area contributed by atoms with Crippen LogP contribution < -0.4 is 0 Å². The van der Waals surface area contributed by atoms with Gasteiger partial charge >= 0.3 is 0 Å². The maximum atomic E-state index is 4.43. The average Bonchev–Trinajstić information content (AvgIpc) is 2.46. The van der Waals surface area contributed by atoms with E-state index in [0.29, 0.717) is 0 Å². The molecule has 0 spiro atoms. The maximum absolute atomic E-state index is 4.43. The molecule has 0 saturated heterocycles. The fourth-order valence-corrected chi connectivity index (χ4v) is 2.21. The number of hydrogen-bond acceptors (Lipinski definition) is 4. The second-order valence-corrected chi connectivity index (χ2v) is 4.09. The summed E-state index contributed by atoms with van der Waals surface area (Å²) in [6.45, 7) is 0. The molecule has 4 rings (SSSR count).